The van der Waals surface area contributed by atoms with Crippen molar-refractivity contribution in [2.75, 3.05) is 13.1 Å². The first-order valence-corrected chi connectivity index (χ1v) is 9.34. The molecule has 0 saturated carbocycles. The average Bonchev–Trinajstić information content (AvgIpc) is 2.67. The fourth-order valence-electron chi connectivity index (χ4n) is 2.78. The fraction of sp³-hybridized carbons (Fsp3) is 0.571. The third kappa shape index (κ3) is 3.37. The van der Waals surface area contributed by atoms with Gasteiger partial charge in [0.05, 0.1) is 0 Å². The Balaban J connectivity index is 1.84. The Morgan fingerprint density at radius 3 is 2.73 bits per heavy atom. The molecule has 0 radical (unpaired) electrons. The fourth-order valence-corrected chi connectivity index (χ4v) is 4.40. The number of nitrogens with one attached hydrogen (secondary N) is 1. The molecule has 2 saturated heterocycles. The van der Waals surface area contributed by atoms with Gasteiger partial charge in [-0.1, -0.05) is 34.1 Å². The van der Waals surface area contributed by atoms with Crippen LogP contribution in [0.25, 0.3) is 0 Å². The minimum absolute atomic E-state index is 0.225. The Kier molecular flexibility index (Phi) is 4.34. The van der Waals surface area contributed by atoms with Crippen molar-refractivity contribution in [3.05, 3.63) is 34.3 Å². The molecule has 1 aromatic carbocycles. The quantitative estimate of drug-likeness (QED) is 0.832. The number of fused-ring (bicyclic) bond motifs is 1. The summed E-state index contributed by atoms with van der Waals surface area (Å²) in [4.78, 5) is 0. The van der Waals surface area contributed by atoms with E-state index in [-0.39, 0.29) is 31.8 Å². The summed E-state index contributed by atoms with van der Waals surface area (Å²) in [6.07, 6.45) is -0.545. The van der Waals surface area contributed by atoms with Crippen LogP contribution >= 0.6 is 15.9 Å². The lowest BCUT2D eigenvalue weighted by Crippen LogP contribution is -2.41. The summed E-state index contributed by atoms with van der Waals surface area (Å²) in [6.45, 7) is 4.46. The Morgan fingerprint density at radius 2 is 2.00 bits per heavy atom. The maximum Gasteiger partial charge on any atom is 0.279 e. The third-order valence-electron chi connectivity index (χ3n) is 3.78. The summed E-state index contributed by atoms with van der Waals surface area (Å²) >= 11 is 3.46. The van der Waals surface area contributed by atoms with E-state index >= 15 is 0 Å². The van der Waals surface area contributed by atoms with Crippen molar-refractivity contribution >= 4 is 26.1 Å². The van der Waals surface area contributed by atoms with Gasteiger partial charge in [0.15, 0.2) is 5.79 Å². The Bertz CT molecular complexity index is 665. The SMILES string of the molecule is CC1(C)O[C@H]2CNS(=O)(=O)N(Cc3ccccc3Br)C[C@@H]2O1. The molecule has 0 aromatic heterocycles. The second-order valence-corrected chi connectivity index (χ2v) is 8.56. The number of rotatable bonds is 2. The molecule has 0 unspecified atom stereocenters. The van der Waals surface area contributed by atoms with E-state index in [9.17, 15) is 8.42 Å². The predicted molar refractivity (Wildman–Crippen MR) is 85.3 cm³/mol. The van der Waals surface area contributed by atoms with Crippen LogP contribution in [0.3, 0.4) is 0 Å². The van der Waals surface area contributed by atoms with E-state index in [0.717, 1.165) is 10.0 Å². The number of nitrogens with zero attached hydrogens (tertiary/aromatic N) is 1. The molecule has 2 atom stereocenters. The van der Waals surface area contributed by atoms with Gasteiger partial charge in [-0.05, 0) is 25.5 Å². The molecular formula is C14H19BrN2O4S. The van der Waals surface area contributed by atoms with Gasteiger partial charge in [0.1, 0.15) is 12.2 Å². The van der Waals surface area contributed by atoms with Gasteiger partial charge in [-0.2, -0.15) is 17.4 Å². The van der Waals surface area contributed by atoms with E-state index in [0.29, 0.717) is 0 Å². The summed E-state index contributed by atoms with van der Waals surface area (Å²) < 4.78 is 41.3. The Labute approximate surface area is 139 Å². The van der Waals surface area contributed by atoms with Crippen molar-refractivity contribution in [3.63, 3.8) is 0 Å². The zero-order valence-corrected chi connectivity index (χ0v) is 14.9. The highest BCUT2D eigenvalue weighted by Crippen LogP contribution is 2.31. The van der Waals surface area contributed by atoms with E-state index in [1.807, 2.05) is 38.1 Å². The van der Waals surface area contributed by atoms with Crippen LogP contribution in [0, 0.1) is 0 Å². The molecule has 8 heteroatoms. The standard InChI is InChI=1S/C14H19BrN2O4S/c1-14(2)20-12-7-16-22(18,19)17(9-13(12)21-14)8-10-5-3-4-6-11(10)15/h3-6,12-13,16H,7-9H2,1-2H3/t12-,13-/m0/s1. The second-order valence-electron chi connectivity index (χ2n) is 5.95. The average molecular weight is 391 g/mol. The van der Waals surface area contributed by atoms with Crippen molar-refractivity contribution in [1.82, 2.24) is 9.03 Å². The van der Waals surface area contributed by atoms with E-state index in [1.54, 1.807) is 0 Å². The van der Waals surface area contributed by atoms with Gasteiger partial charge in [0.25, 0.3) is 10.2 Å². The van der Waals surface area contributed by atoms with Crippen LogP contribution in [-0.2, 0) is 26.2 Å². The number of ether oxygens (including phenoxy) is 2. The molecule has 2 heterocycles. The summed E-state index contributed by atoms with van der Waals surface area (Å²) in [5, 5.41) is 0. The largest absolute Gasteiger partial charge is 0.343 e. The number of benzene rings is 1. The Morgan fingerprint density at radius 1 is 1.32 bits per heavy atom. The van der Waals surface area contributed by atoms with Gasteiger partial charge >= 0.3 is 0 Å². The molecule has 0 bridgehead atoms. The number of hydrogen-bond acceptors (Lipinski definition) is 4. The van der Waals surface area contributed by atoms with Gasteiger partial charge in [0, 0.05) is 24.1 Å². The maximum absolute atomic E-state index is 12.4. The van der Waals surface area contributed by atoms with Crippen LogP contribution < -0.4 is 4.72 Å². The molecule has 6 nitrogen and oxygen atoms in total. The van der Waals surface area contributed by atoms with Crippen molar-refractivity contribution in [3.8, 4) is 0 Å². The second kappa shape index (κ2) is 5.85. The van der Waals surface area contributed by atoms with E-state index in [4.69, 9.17) is 9.47 Å². The molecule has 22 heavy (non-hydrogen) atoms. The lowest BCUT2D eigenvalue weighted by Gasteiger charge is -2.24. The highest BCUT2D eigenvalue weighted by molar-refractivity contribution is 9.10. The smallest absolute Gasteiger partial charge is 0.279 e. The Hall–Kier alpha value is -0.510. The molecule has 2 aliphatic heterocycles. The highest BCUT2D eigenvalue weighted by atomic mass is 79.9. The number of hydrogen-bond donors (Lipinski definition) is 1. The van der Waals surface area contributed by atoms with Gasteiger partial charge in [-0.3, -0.25) is 0 Å². The lowest BCUT2D eigenvalue weighted by molar-refractivity contribution is -0.146. The van der Waals surface area contributed by atoms with Crippen LogP contribution in [0.5, 0.6) is 0 Å². The summed E-state index contributed by atoms with van der Waals surface area (Å²) in [5.74, 6) is -0.683. The third-order valence-corrected chi connectivity index (χ3v) is 6.04. The molecule has 3 rings (SSSR count). The monoisotopic (exact) mass is 390 g/mol. The van der Waals surface area contributed by atoms with Gasteiger partial charge in [-0.15, -0.1) is 0 Å². The molecule has 1 aromatic rings. The molecule has 0 aliphatic carbocycles. The van der Waals surface area contributed by atoms with Crippen molar-refractivity contribution in [2.45, 2.75) is 38.4 Å². The maximum atomic E-state index is 12.4. The molecular weight excluding hydrogens is 372 g/mol. The summed E-state index contributed by atoms with van der Waals surface area (Å²) in [6, 6.07) is 7.58. The minimum Gasteiger partial charge on any atom is -0.343 e. The molecule has 2 aliphatic rings. The zero-order valence-electron chi connectivity index (χ0n) is 12.5. The van der Waals surface area contributed by atoms with E-state index in [2.05, 4.69) is 20.7 Å². The van der Waals surface area contributed by atoms with Crippen LogP contribution in [0.1, 0.15) is 19.4 Å². The molecule has 2 fully saturated rings. The summed E-state index contributed by atoms with van der Waals surface area (Å²) in [5.41, 5.74) is 0.907. The predicted octanol–water partition coefficient (Wildman–Crippen LogP) is 1.62. The number of halogens is 1. The first kappa shape index (κ1) is 16.4. The highest BCUT2D eigenvalue weighted by Gasteiger charge is 2.45. The van der Waals surface area contributed by atoms with Crippen molar-refractivity contribution < 1.29 is 17.9 Å². The zero-order chi connectivity index (χ0) is 16.0. The van der Waals surface area contributed by atoms with Crippen LogP contribution in [0.15, 0.2) is 28.7 Å². The van der Waals surface area contributed by atoms with E-state index < -0.39 is 16.0 Å². The minimum atomic E-state index is -3.55. The van der Waals surface area contributed by atoms with Crippen molar-refractivity contribution in [2.24, 2.45) is 0 Å². The van der Waals surface area contributed by atoms with Gasteiger partial charge in [0.2, 0.25) is 0 Å². The topological polar surface area (TPSA) is 67.9 Å². The molecule has 122 valence electrons. The molecule has 0 spiro atoms. The summed E-state index contributed by atoms with van der Waals surface area (Å²) in [7, 11) is -3.55. The van der Waals surface area contributed by atoms with Crippen molar-refractivity contribution in [1.29, 1.82) is 0 Å². The lowest BCUT2D eigenvalue weighted by atomic mass is 10.2. The van der Waals surface area contributed by atoms with Crippen LogP contribution in [0.2, 0.25) is 0 Å². The first-order chi connectivity index (χ1) is 10.3. The normalized spacial score (nSPS) is 30.7. The van der Waals surface area contributed by atoms with Crippen LogP contribution in [-0.4, -0.2) is 43.8 Å². The van der Waals surface area contributed by atoms with Gasteiger partial charge in [-0.25, -0.2) is 0 Å². The van der Waals surface area contributed by atoms with Gasteiger partial charge < -0.3 is 9.47 Å². The molecule has 1 N–H and O–H groups in total. The molecule has 0 amide bonds. The first-order valence-electron chi connectivity index (χ1n) is 7.11. The van der Waals surface area contributed by atoms with E-state index in [1.165, 1.54) is 4.31 Å². The van der Waals surface area contributed by atoms with Crippen LogP contribution in [0.4, 0.5) is 0 Å².